The summed E-state index contributed by atoms with van der Waals surface area (Å²) < 4.78 is 10.4. The van der Waals surface area contributed by atoms with Crippen LogP contribution < -0.4 is 5.32 Å². The Balaban J connectivity index is 2.57. The number of amides is 1. The number of carbonyl (C=O) groups excluding carboxylic acids is 1. The lowest BCUT2D eigenvalue weighted by Crippen LogP contribution is -2.45. The molecule has 0 radical (unpaired) electrons. The molecule has 1 aliphatic heterocycles. The SMILES string of the molecule is C=C(O)[C@@H](NC(=O)OC(C)(C)C)C1CCOCC1. The van der Waals surface area contributed by atoms with E-state index < -0.39 is 17.7 Å². The van der Waals surface area contributed by atoms with Crippen molar-refractivity contribution in [3.63, 3.8) is 0 Å². The molecule has 0 saturated carbocycles. The van der Waals surface area contributed by atoms with E-state index in [9.17, 15) is 9.90 Å². The highest BCUT2D eigenvalue weighted by Gasteiger charge is 2.29. The van der Waals surface area contributed by atoms with E-state index in [4.69, 9.17) is 9.47 Å². The Morgan fingerprint density at radius 2 is 2.00 bits per heavy atom. The third-order valence-electron chi connectivity index (χ3n) is 2.77. The lowest BCUT2D eigenvalue weighted by atomic mass is 9.91. The maximum absolute atomic E-state index is 11.7. The maximum atomic E-state index is 11.7. The van der Waals surface area contributed by atoms with Gasteiger partial charge in [0.15, 0.2) is 0 Å². The summed E-state index contributed by atoms with van der Waals surface area (Å²) in [6.07, 6.45) is 1.05. The van der Waals surface area contributed by atoms with E-state index in [1.54, 1.807) is 20.8 Å². The van der Waals surface area contributed by atoms with Gasteiger partial charge in [0.2, 0.25) is 0 Å². The van der Waals surface area contributed by atoms with Gasteiger partial charge in [-0.1, -0.05) is 6.58 Å². The van der Waals surface area contributed by atoms with Crippen LogP contribution in [0, 0.1) is 5.92 Å². The molecular weight excluding hydrogens is 234 g/mol. The largest absolute Gasteiger partial charge is 0.511 e. The third kappa shape index (κ3) is 4.96. The van der Waals surface area contributed by atoms with E-state index in [0.717, 1.165) is 12.8 Å². The van der Waals surface area contributed by atoms with Crippen molar-refractivity contribution in [2.75, 3.05) is 13.2 Å². The van der Waals surface area contributed by atoms with E-state index >= 15 is 0 Å². The standard InChI is InChI=1S/C13H23NO4/c1-9(15)11(10-5-7-17-8-6-10)14-12(16)18-13(2,3)4/h10-11,15H,1,5-8H2,2-4H3,(H,14,16)/t11-/m1/s1. The lowest BCUT2D eigenvalue weighted by molar-refractivity contribution is 0.0346. The molecule has 18 heavy (non-hydrogen) atoms. The van der Waals surface area contributed by atoms with E-state index in [1.165, 1.54) is 0 Å². The minimum atomic E-state index is -0.554. The van der Waals surface area contributed by atoms with Gasteiger partial charge in [0.25, 0.3) is 0 Å². The zero-order valence-electron chi connectivity index (χ0n) is 11.4. The van der Waals surface area contributed by atoms with Gasteiger partial charge in [-0.15, -0.1) is 0 Å². The fraction of sp³-hybridized carbons (Fsp3) is 0.769. The average molecular weight is 257 g/mol. The van der Waals surface area contributed by atoms with Crippen LogP contribution in [0.3, 0.4) is 0 Å². The van der Waals surface area contributed by atoms with Gasteiger partial charge in [-0.3, -0.25) is 0 Å². The summed E-state index contributed by atoms with van der Waals surface area (Å²) in [6.45, 7) is 10.2. The van der Waals surface area contributed by atoms with E-state index in [-0.39, 0.29) is 11.7 Å². The summed E-state index contributed by atoms with van der Waals surface area (Å²) in [5.74, 6) is 0.108. The second kappa shape index (κ2) is 6.09. The molecule has 5 nitrogen and oxygen atoms in total. The molecule has 1 heterocycles. The molecule has 1 rings (SSSR count). The normalized spacial score (nSPS) is 19.1. The van der Waals surface area contributed by atoms with Crippen molar-refractivity contribution in [3.8, 4) is 0 Å². The first-order valence-corrected chi connectivity index (χ1v) is 6.24. The van der Waals surface area contributed by atoms with Crippen molar-refractivity contribution in [2.24, 2.45) is 5.92 Å². The van der Waals surface area contributed by atoms with E-state index in [2.05, 4.69) is 11.9 Å². The van der Waals surface area contributed by atoms with Crippen LogP contribution in [0.5, 0.6) is 0 Å². The minimum absolute atomic E-state index is 0.0345. The summed E-state index contributed by atoms with van der Waals surface area (Å²) in [4.78, 5) is 11.7. The molecule has 0 aromatic rings. The molecule has 0 spiro atoms. The van der Waals surface area contributed by atoms with E-state index in [0.29, 0.717) is 13.2 Å². The summed E-state index contributed by atoms with van der Waals surface area (Å²) in [5.41, 5.74) is -0.554. The zero-order chi connectivity index (χ0) is 13.8. The number of hydrogen-bond donors (Lipinski definition) is 2. The molecule has 5 heteroatoms. The first kappa shape index (κ1) is 14.8. The molecular formula is C13H23NO4. The molecule has 0 aliphatic carbocycles. The van der Waals surface area contributed by atoms with Crippen LogP contribution in [-0.2, 0) is 9.47 Å². The Kier molecular flexibility index (Phi) is 5.02. The van der Waals surface area contributed by atoms with Gasteiger partial charge < -0.3 is 19.9 Å². The van der Waals surface area contributed by atoms with Crippen LogP contribution in [0.25, 0.3) is 0 Å². The van der Waals surface area contributed by atoms with Crippen LogP contribution in [-0.4, -0.2) is 36.1 Å². The van der Waals surface area contributed by atoms with Crippen LogP contribution in [0.1, 0.15) is 33.6 Å². The average Bonchev–Trinajstić information content (AvgIpc) is 2.24. The topological polar surface area (TPSA) is 67.8 Å². The predicted molar refractivity (Wildman–Crippen MR) is 68.5 cm³/mol. The van der Waals surface area contributed by atoms with Crippen LogP contribution in [0.2, 0.25) is 0 Å². The van der Waals surface area contributed by atoms with Gasteiger partial charge in [0.05, 0.1) is 6.04 Å². The zero-order valence-corrected chi connectivity index (χ0v) is 11.4. The number of aliphatic hydroxyl groups is 1. The quantitative estimate of drug-likeness (QED) is 0.762. The molecule has 1 saturated heterocycles. The van der Waals surface area contributed by atoms with Gasteiger partial charge in [-0.2, -0.15) is 0 Å². The lowest BCUT2D eigenvalue weighted by Gasteiger charge is -2.31. The molecule has 0 aromatic carbocycles. The Morgan fingerprint density at radius 3 is 2.44 bits per heavy atom. The molecule has 1 aliphatic rings. The van der Waals surface area contributed by atoms with Gasteiger partial charge in [0.1, 0.15) is 11.4 Å². The Hall–Kier alpha value is -1.23. The smallest absolute Gasteiger partial charge is 0.408 e. The second-order valence-electron chi connectivity index (χ2n) is 5.57. The monoisotopic (exact) mass is 257 g/mol. The fourth-order valence-corrected chi connectivity index (χ4v) is 1.96. The summed E-state index contributed by atoms with van der Waals surface area (Å²) >= 11 is 0. The van der Waals surface area contributed by atoms with E-state index in [1.807, 2.05) is 0 Å². The van der Waals surface area contributed by atoms with Crippen molar-refractivity contribution in [2.45, 2.75) is 45.3 Å². The van der Waals surface area contributed by atoms with Gasteiger partial charge in [-0.05, 0) is 39.5 Å². The summed E-state index contributed by atoms with van der Waals surface area (Å²) in [7, 11) is 0. The van der Waals surface area contributed by atoms with Crippen molar-refractivity contribution in [1.82, 2.24) is 5.32 Å². The number of alkyl carbamates (subject to hydrolysis) is 1. The van der Waals surface area contributed by atoms with Crippen LogP contribution in [0.15, 0.2) is 12.3 Å². The van der Waals surface area contributed by atoms with Crippen LogP contribution in [0.4, 0.5) is 4.79 Å². The van der Waals surface area contributed by atoms with Crippen molar-refractivity contribution >= 4 is 6.09 Å². The minimum Gasteiger partial charge on any atom is -0.511 e. The first-order chi connectivity index (χ1) is 8.29. The molecule has 1 amide bonds. The third-order valence-corrected chi connectivity index (χ3v) is 2.77. The predicted octanol–water partition coefficient (Wildman–Crippen LogP) is 2.38. The Morgan fingerprint density at radius 1 is 1.44 bits per heavy atom. The molecule has 1 atom stereocenters. The molecule has 0 unspecified atom stereocenters. The molecule has 1 fully saturated rings. The van der Waals surface area contributed by atoms with Gasteiger partial charge in [0, 0.05) is 13.2 Å². The second-order valence-corrected chi connectivity index (χ2v) is 5.57. The van der Waals surface area contributed by atoms with Crippen molar-refractivity contribution in [1.29, 1.82) is 0 Å². The van der Waals surface area contributed by atoms with Gasteiger partial charge in [-0.25, -0.2) is 4.79 Å². The Labute approximate surface area is 108 Å². The first-order valence-electron chi connectivity index (χ1n) is 6.24. The number of aliphatic hydroxyl groups excluding tert-OH is 1. The van der Waals surface area contributed by atoms with Crippen molar-refractivity contribution < 1.29 is 19.4 Å². The number of rotatable bonds is 3. The molecule has 0 bridgehead atoms. The molecule has 2 N–H and O–H groups in total. The number of ether oxygens (including phenoxy) is 2. The molecule has 104 valence electrons. The number of carbonyl (C=O) groups is 1. The maximum Gasteiger partial charge on any atom is 0.408 e. The highest BCUT2D eigenvalue weighted by Crippen LogP contribution is 2.22. The van der Waals surface area contributed by atoms with Gasteiger partial charge >= 0.3 is 6.09 Å². The van der Waals surface area contributed by atoms with Crippen LogP contribution >= 0.6 is 0 Å². The Bertz CT molecular complexity index is 303. The molecule has 0 aromatic heterocycles. The fourth-order valence-electron chi connectivity index (χ4n) is 1.96. The van der Waals surface area contributed by atoms with Crippen molar-refractivity contribution in [3.05, 3.63) is 12.3 Å². The number of hydrogen-bond acceptors (Lipinski definition) is 4. The number of nitrogens with one attached hydrogen (secondary N) is 1. The summed E-state index contributed by atoms with van der Waals surface area (Å²) in [6, 6.07) is -0.469. The summed E-state index contributed by atoms with van der Waals surface area (Å²) in [5, 5.41) is 12.3. The highest BCUT2D eigenvalue weighted by atomic mass is 16.6. The highest BCUT2D eigenvalue weighted by molar-refractivity contribution is 5.68.